The van der Waals surface area contributed by atoms with Crippen LogP contribution in [0.3, 0.4) is 0 Å². The maximum Gasteiger partial charge on any atom is 0.326 e. The Kier molecular flexibility index (Phi) is 7.93. The molecular formula is C12H18N2O5. The minimum atomic E-state index is -1.20. The van der Waals surface area contributed by atoms with Crippen molar-refractivity contribution in [2.24, 2.45) is 5.92 Å². The van der Waals surface area contributed by atoms with Crippen molar-refractivity contribution in [2.75, 3.05) is 6.61 Å². The highest BCUT2D eigenvalue weighted by atomic mass is 16.5. The molecule has 0 radical (unpaired) electrons. The van der Waals surface area contributed by atoms with Crippen LogP contribution in [0.25, 0.3) is 0 Å². The lowest BCUT2D eigenvalue weighted by molar-refractivity contribution is -0.145. The molecule has 0 aromatic carbocycles. The van der Waals surface area contributed by atoms with Crippen molar-refractivity contribution in [1.82, 2.24) is 5.32 Å². The molecule has 0 rings (SSSR count). The molecule has 0 aromatic rings. The summed E-state index contributed by atoms with van der Waals surface area (Å²) in [5, 5.41) is 19.8. The molecular weight excluding hydrogens is 252 g/mol. The van der Waals surface area contributed by atoms with Crippen molar-refractivity contribution >= 4 is 17.8 Å². The second-order valence-electron chi connectivity index (χ2n) is 4.03. The quantitative estimate of drug-likeness (QED) is 0.618. The number of nitrogens with zero attached hydrogens (tertiary/aromatic N) is 1. The molecule has 0 aliphatic rings. The Morgan fingerprint density at radius 3 is 2.47 bits per heavy atom. The van der Waals surface area contributed by atoms with E-state index in [-0.39, 0.29) is 25.9 Å². The van der Waals surface area contributed by atoms with Gasteiger partial charge >= 0.3 is 11.9 Å². The number of rotatable bonds is 8. The van der Waals surface area contributed by atoms with Crippen LogP contribution in [0.2, 0.25) is 0 Å². The van der Waals surface area contributed by atoms with Gasteiger partial charge in [0.05, 0.1) is 19.1 Å². The van der Waals surface area contributed by atoms with Crippen molar-refractivity contribution in [3.8, 4) is 6.07 Å². The first-order valence-electron chi connectivity index (χ1n) is 5.98. The molecule has 0 spiro atoms. The number of nitrogens with one attached hydrogen (secondary N) is 1. The third-order valence-corrected chi connectivity index (χ3v) is 2.30. The number of esters is 1. The summed E-state index contributed by atoms with van der Waals surface area (Å²) in [5.41, 5.74) is 0. The average molecular weight is 270 g/mol. The summed E-state index contributed by atoms with van der Waals surface area (Å²) in [7, 11) is 0. The van der Waals surface area contributed by atoms with Crippen LogP contribution >= 0.6 is 0 Å². The third kappa shape index (κ3) is 7.76. The lowest BCUT2D eigenvalue weighted by atomic mass is 10.0. The van der Waals surface area contributed by atoms with E-state index in [1.165, 1.54) is 0 Å². The molecule has 0 saturated carbocycles. The van der Waals surface area contributed by atoms with Gasteiger partial charge < -0.3 is 15.2 Å². The Morgan fingerprint density at radius 2 is 2.00 bits per heavy atom. The fraction of sp³-hybridized carbons (Fsp3) is 0.667. The average Bonchev–Trinajstić information content (AvgIpc) is 2.35. The number of carbonyl (C=O) groups is 3. The summed E-state index contributed by atoms with van der Waals surface area (Å²) in [6, 6.07) is 0.781. The maximum absolute atomic E-state index is 11.5. The highest BCUT2D eigenvalue weighted by molar-refractivity contribution is 5.85. The van der Waals surface area contributed by atoms with Crippen LogP contribution in [-0.4, -0.2) is 35.6 Å². The summed E-state index contributed by atoms with van der Waals surface area (Å²) in [5.74, 6) is -2.74. The first kappa shape index (κ1) is 16.9. The summed E-state index contributed by atoms with van der Waals surface area (Å²) < 4.78 is 4.65. The zero-order valence-electron chi connectivity index (χ0n) is 11.0. The van der Waals surface area contributed by atoms with E-state index in [0.717, 1.165) is 0 Å². The highest BCUT2D eigenvalue weighted by Gasteiger charge is 2.22. The van der Waals surface area contributed by atoms with Gasteiger partial charge in [-0.3, -0.25) is 9.59 Å². The molecule has 0 bridgehead atoms. The van der Waals surface area contributed by atoms with Crippen molar-refractivity contribution in [1.29, 1.82) is 5.26 Å². The van der Waals surface area contributed by atoms with E-state index in [2.05, 4.69) is 10.1 Å². The molecule has 0 heterocycles. The van der Waals surface area contributed by atoms with E-state index >= 15 is 0 Å². The van der Waals surface area contributed by atoms with E-state index in [1.54, 1.807) is 13.8 Å². The van der Waals surface area contributed by atoms with Gasteiger partial charge in [0, 0.05) is 12.3 Å². The van der Waals surface area contributed by atoms with Crippen molar-refractivity contribution in [3.05, 3.63) is 0 Å². The van der Waals surface area contributed by atoms with E-state index in [4.69, 9.17) is 10.4 Å². The smallest absolute Gasteiger partial charge is 0.326 e. The number of carboxylic acid groups (broad SMARTS) is 1. The molecule has 7 heteroatoms. The van der Waals surface area contributed by atoms with Crippen LogP contribution in [0, 0.1) is 17.2 Å². The van der Waals surface area contributed by atoms with Gasteiger partial charge in [-0.25, -0.2) is 4.79 Å². The van der Waals surface area contributed by atoms with Gasteiger partial charge in [0.25, 0.3) is 0 Å². The molecule has 2 atom stereocenters. The number of carboxylic acids is 1. The van der Waals surface area contributed by atoms with Crippen molar-refractivity contribution in [2.45, 2.75) is 39.2 Å². The van der Waals surface area contributed by atoms with E-state index < -0.39 is 29.8 Å². The monoisotopic (exact) mass is 270 g/mol. The van der Waals surface area contributed by atoms with Crippen LogP contribution < -0.4 is 5.32 Å². The van der Waals surface area contributed by atoms with Gasteiger partial charge in [-0.05, 0) is 20.3 Å². The number of amides is 1. The molecule has 106 valence electrons. The second-order valence-corrected chi connectivity index (χ2v) is 4.03. The van der Waals surface area contributed by atoms with Gasteiger partial charge in [0.1, 0.15) is 6.04 Å². The molecule has 2 N–H and O–H groups in total. The van der Waals surface area contributed by atoms with Crippen molar-refractivity contribution in [3.63, 3.8) is 0 Å². The van der Waals surface area contributed by atoms with Crippen LogP contribution in [0.4, 0.5) is 0 Å². The normalized spacial score (nSPS) is 12.9. The summed E-state index contributed by atoms with van der Waals surface area (Å²) in [6.07, 6.45) is -0.208. The Balaban J connectivity index is 4.22. The molecule has 0 fully saturated rings. The van der Waals surface area contributed by atoms with Crippen molar-refractivity contribution < 1.29 is 24.2 Å². The summed E-state index contributed by atoms with van der Waals surface area (Å²) in [4.78, 5) is 33.4. The van der Waals surface area contributed by atoms with Gasteiger partial charge in [0.2, 0.25) is 5.91 Å². The number of carbonyl (C=O) groups excluding carboxylic acids is 2. The largest absolute Gasteiger partial charge is 0.480 e. The standard InChI is InChI=1S/C12H18N2O5/c1-3-19-11(16)5-4-10(15)14-9(12(17)18)6-8(2)7-13/h8-9H,3-6H2,1-2H3,(H,14,15)(H,17,18)/t8-,9-/m1/s1. The van der Waals surface area contributed by atoms with E-state index in [9.17, 15) is 14.4 Å². The Hall–Kier alpha value is -2.10. The predicted molar refractivity (Wildman–Crippen MR) is 64.8 cm³/mol. The molecule has 0 aromatic heterocycles. The lowest BCUT2D eigenvalue weighted by Crippen LogP contribution is -2.41. The number of nitriles is 1. The van der Waals surface area contributed by atoms with Crippen LogP contribution in [-0.2, 0) is 19.1 Å². The Labute approximate surface area is 111 Å². The summed E-state index contributed by atoms with van der Waals surface area (Å²) >= 11 is 0. The molecule has 7 nitrogen and oxygen atoms in total. The Morgan fingerprint density at radius 1 is 1.37 bits per heavy atom. The molecule has 19 heavy (non-hydrogen) atoms. The van der Waals surface area contributed by atoms with Crippen LogP contribution in [0.15, 0.2) is 0 Å². The number of hydrogen-bond donors (Lipinski definition) is 2. The molecule has 0 unspecified atom stereocenters. The molecule has 0 saturated heterocycles. The predicted octanol–water partition coefficient (Wildman–Crippen LogP) is 0.449. The zero-order chi connectivity index (χ0) is 14.8. The van der Waals surface area contributed by atoms with E-state index in [1.807, 2.05) is 6.07 Å². The molecule has 1 amide bonds. The molecule has 0 aliphatic carbocycles. The number of aliphatic carboxylic acids is 1. The lowest BCUT2D eigenvalue weighted by Gasteiger charge is -2.15. The maximum atomic E-state index is 11.5. The number of hydrogen-bond acceptors (Lipinski definition) is 5. The fourth-order valence-corrected chi connectivity index (χ4v) is 1.34. The summed E-state index contributed by atoms with van der Waals surface area (Å²) in [6.45, 7) is 3.46. The first-order chi connectivity index (χ1) is 8.90. The van der Waals surface area contributed by atoms with Gasteiger partial charge in [-0.15, -0.1) is 0 Å². The minimum Gasteiger partial charge on any atom is -0.480 e. The minimum absolute atomic E-state index is 0.0248. The fourth-order valence-electron chi connectivity index (χ4n) is 1.34. The van der Waals surface area contributed by atoms with Gasteiger partial charge in [0.15, 0.2) is 0 Å². The SMILES string of the molecule is CCOC(=O)CCC(=O)N[C@H](C[C@@H](C)C#N)C(=O)O. The van der Waals surface area contributed by atoms with Gasteiger partial charge in [-0.1, -0.05) is 0 Å². The van der Waals surface area contributed by atoms with Crippen LogP contribution in [0.1, 0.15) is 33.1 Å². The first-order valence-corrected chi connectivity index (χ1v) is 5.98. The second kappa shape index (κ2) is 8.91. The third-order valence-electron chi connectivity index (χ3n) is 2.30. The molecule has 0 aliphatic heterocycles. The van der Waals surface area contributed by atoms with E-state index in [0.29, 0.717) is 0 Å². The Bertz CT molecular complexity index is 375. The van der Waals surface area contributed by atoms with Gasteiger partial charge in [-0.2, -0.15) is 5.26 Å². The highest BCUT2D eigenvalue weighted by Crippen LogP contribution is 2.05. The van der Waals surface area contributed by atoms with Crippen LogP contribution in [0.5, 0.6) is 0 Å². The number of ether oxygens (including phenoxy) is 1. The zero-order valence-corrected chi connectivity index (χ0v) is 11.0. The topological polar surface area (TPSA) is 116 Å².